The average Bonchev–Trinajstić information content (AvgIpc) is 2.16. The van der Waals surface area contributed by atoms with Gasteiger partial charge < -0.3 is 0 Å². The quantitative estimate of drug-likeness (QED) is 0.652. The van der Waals surface area contributed by atoms with Crippen molar-refractivity contribution in [3.8, 4) is 0 Å². The van der Waals surface area contributed by atoms with Gasteiger partial charge in [0.1, 0.15) is 0 Å². The fraction of sp³-hybridized carbons (Fsp3) is 0.222. The van der Waals surface area contributed by atoms with Crippen molar-refractivity contribution in [1.82, 2.24) is 15.0 Å². The van der Waals surface area contributed by atoms with Crippen LogP contribution >= 0.6 is 11.6 Å². The molecule has 0 aromatic carbocycles. The van der Waals surface area contributed by atoms with Crippen molar-refractivity contribution in [2.24, 2.45) is 0 Å². The fourth-order valence-corrected chi connectivity index (χ4v) is 1.45. The van der Waals surface area contributed by atoms with Crippen molar-refractivity contribution >= 4 is 22.6 Å². The molecule has 0 unspecified atom stereocenters. The molecule has 0 radical (unpaired) electrons. The molecule has 0 N–H and O–H groups in total. The van der Waals surface area contributed by atoms with Gasteiger partial charge in [-0.05, 0) is 30.2 Å². The Labute approximate surface area is 80.8 Å². The minimum atomic E-state index is 0.267. The highest BCUT2D eigenvalue weighted by atomic mass is 35.5. The second-order valence-corrected chi connectivity index (χ2v) is 3.01. The van der Waals surface area contributed by atoms with Crippen molar-refractivity contribution in [3.05, 3.63) is 29.3 Å². The van der Waals surface area contributed by atoms with Gasteiger partial charge in [0.05, 0.1) is 5.69 Å². The Morgan fingerprint density at radius 2 is 2.23 bits per heavy atom. The van der Waals surface area contributed by atoms with Crippen LogP contribution in [0.3, 0.4) is 0 Å². The zero-order chi connectivity index (χ0) is 9.26. The van der Waals surface area contributed by atoms with Crippen LogP contribution in [0.2, 0.25) is 5.28 Å². The van der Waals surface area contributed by atoms with Gasteiger partial charge >= 0.3 is 0 Å². The number of hydrogen-bond acceptors (Lipinski definition) is 3. The molecule has 0 bridgehead atoms. The van der Waals surface area contributed by atoms with E-state index in [1.54, 1.807) is 6.20 Å². The zero-order valence-electron chi connectivity index (χ0n) is 7.16. The summed E-state index contributed by atoms with van der Waals surface area (Å²) in [4.78, 5) is 12.3. The van der Waals surface area contributed by atoms with Crippen LogP contribution in [0, 0.1) is 0 Å². The van der Waals surface area contributed by atoms with Crippen LogP contribution in [-0.2, 0) is 6.42 Å². The molecule has 0 atom stereocenters. The van der Waals surface area contributed by atoms with Crippen LogP contribution in [0.15, 0.2) is 18.3 Å². The number of halogens is 1. The topological polar surface area (TPSA) is 38.7 Å². The van der Waals surface area contributed by atoms with E-state index in [1.165, 1.54) is 0 Å². The molecule has 3 nitrogen and oxygen atoms in total. The van der Waals surface area contributed by atoms with Gasteiger partial charge in [0, 0.05) is 11.6 Å². The lowest BCUT2D eigenvalue weighted by Crippen LogP contribution is -1.94. The Kier molecular flexibility index (Phi) is 2.10. The molecule has 2 rings (SSSR count). The maximum atomic E-state index is 5.74. The van der Waals surface area contributed by atoms with Crippen molar-refractivity contribution in [2.75, 3.05) is 0 Å². The van der Waals surface area contributed by atoms with E-state index in [1.807, 2.05) is 19.1 Å². The Balaban J connectivity index is 2.81. The van der Waals surface area contributed by atoms with Gasteiger partial charge in [-0.3, -0.25) is 0 Å². The van der Waals surface area contributed by atoms with E-state index in [0.29, 0.717) is 5.65 Å². The summed E-state index contributed by atoms with van der Waals surface area (Å²) in [5.41, 5.74) is 1.61. The number of hydrogen-bond donors (Lipinski definition) is 0. The lowest BCUT2D eigenvalue weighted by Gasteiger charge is -2.01. The maximum Gasteiger partial charge on any atom is 0.224 e. The first-order valence-electron chi connectivity index (χ1n) is 4.08. The number of nitrogens with zero attached hydrogens (tertiary/aromatic N) is 3. The highest BCUT2D eigenvalue weighted by molar-refractivity contribution is 6.28. The van der Waals surface area contributed by atoms with Crippen molar-refractivity contribution < 1.29 is 0 Å². The molecule has 0 saturated heterocycles. The zero-order valence-corrected chi connectivity index (χ0v) is 7.91. The molecule has 0 aliphatic rings. The van der Waals surface area contributed by atoms with Gasteiger partial charge in [-0.1, -0.05) is 6.92 Å². The first-order chi connectivity index (χ1) is 6.31. The van der Waals surface area contributed by atoms with Gasteiger partial charge in [-0.2, -0.15) is 4.98 Å². The molecule has 2 aromatic heterocycles. The average molecular weight is 194 g/mol. The molecule has 0 amide bonds. The summed E-state index contributed by atoms with van der Waals surface area (Å²) < 4.78 is 0. The molecule has 2 heterocycles. The summed E-state index contributed by atoms with van der Waals surface area (Å²) in [5.74, 6) is 0. The normalized spacial score (nSPS) is 10.6. The summed E-state index contributed by atoms with van der Waals surface area (Å²) in [6.45, 7) is 2.03. The lowest BCUT2D eigenvalue weighted by atomic mass is 10.2. The third kappa shape index (κ3) is 1.47. The van der Waals surface area contributed by atoms with E-state index in [4.69, 9.17) is 11.6 Å². The van der Waals surface area contributed by atoms with Gasteiger partial charge in [0.15, 0.2) is 5.65 Å². The second kappa shape index (κ2) is 3.26. The van der Waals surface area contributed by atoms with E-state index < -0.39 is 0 Å². The third-order valence-corrected chi connectivity index (χ3v) is 2.03. The van der Waals surface area contributed by atoms with Crippen LogP contribution in [0.1, 0.15) is 12.6 Å². The Bertz CT molecular complexity index is 442. The van der Waals surface area contributed by atoms with Crippen LogP contribution in [0.25, 0.3) is 11.0 Å². The van der Waals surface area contributed by atoms with Crippen molar-refractivity contribution in [2.45, 2.75) is 13.3 Å². The first-order valence-corrected chi connectivity index (χ1v) is 4.46. The third-order valence-electron chi connectivity index (χ3n) is 1.86. The number of rotatable bonds is 1. The first kappa shape index (κ1) is 8.38. The number of aromatic nitrogens is 3. The Morgan fingerprint density at radius 3 is 3.00 bits per heavy atom. The smallest absolute Gasteiger partial charge is 0.224 e. The fourth-order valence-electron chi connectivity index (χ4n) is 1.26. The molecule has 0 aliphatic carbocycles. The number of fused-ring (bicyclic) bond motifs is 1. The van der Waals surface area contributed by atoms with Crippen LogP contribution in [0.5, 0.6) is 0 Å². The molecule has 0 fully saturated rings. The van der Waals surface area contributed by atoms with E-state index in [-0.39, 0.29) is 5.28 Å². The highest BCUT2D eigenvalue weighted by Crippen LogP contribution is 2.15. The lowest BCUT2D eigenvalue weighted by molar-refractivity contribution is 1.02. The predicted octanol–water partition coefficient (Wildman–Crippen LogP) is 2.24. The Morgan fingerprint density at radius 1 is 1.38 bits per heavy atom. The standard InChI is InChI=1S/C9H8ClN3/c1-2-7-6-4-3-5-11-8(6)13-9(10)12-7/h3-5H,2H2,1H3. The molecule has 0 spiro atoms. The molecule has 0 saturated carbocycles. The number of aryl methyl sites for hydroxylation is 1. The SMILES string of the molecule is CCc1nc(Cl)nc2ncccc12. The molecular weight excluding hydrogens is 186 g/mol. The second-order valence-electron chi connectivity index (χ2n) is 2.67. The summed E-state index contributed by atoms with van der Waals surface area (Å²) in [5, 5.41) is 1.25. The van der Waals surface area contributed by atoms with Gasteiger partial charge in [0.25, 0.3) is 0 Å². The van der Waals surface area contributed by atoms with Gasteiger partial charge in [-0.15, -0.1) is 0 Å². The minimum Gasteiger partial charge on any atom is -0.236 e. The van der Waals surface area contributed by atoms with E-state index in [0.717, 1.165) is 17.5 Å². The van der Waals surface area contributed by atoms with Crippen LogP contribution in [0.4, 0.5) is 0 Å². The van der Waals surface area contributed by atoms with Gasteiger partial charge in [-0.25, -0.2) is 9.97 Å². The van der Waals surface area contributed by atoms with Crippen LogP contribution in [-0.4, -0.2) is 15.0 Å². The summed E-state index contributed by atoms with van der Waals surface area (Å²) in [7, 11) is 0. The van der Waals surface area contributed by atoms with E-state index >= 15 is 0 Å². The molecule has 0 aliphatic heterocycles. The summed E-state index contributed by atoms with van der Waals surface area (Å²) in [6, 6.07) is 3.83. The monoisotopic (exact) mass is 193 g/mol. The van der Waals surface area contributed by atoms with E-state index in [2.05, 4.69) is 15.0 Å². The van der Waals surface area contributed by atoms with Crippen molar-refractivity contribution in [1.29, 1.82) is 0 Å². The minimum absolute atomic E-state index is 0.267. The largest absolute Gasteiger partial charge is 0.236 e. The van der Waals surface area contributed by atoms with E-state index in [9.17, 15) is 0 Å². The highest BCUT2D eigenvalue weighted by Gasteiger charge is 2.04. The summed E-state index contributed by atoms with van der Waals surface area (Å²) in [6.07, 6.45) is 2.54. The molecular formula is C9H8ClN3. The molecule has 66 valence electrons. The van der Waals surface area contributed by atoms with Crippen LogP contribution < -0.4 is 0 Å². The molecule has 2 aromatic rings. The number of pyridine rings is 1. The predicted molar refractivity (Wildman–Crippen MR) is 51.7 cm³/mol. The molecule has 13 heavy (non-hydrogen) atoms. The maximum absolute atomic E-state index is 5.74. The Hall–Kier alpha value is -1.22. The summed E-state index contributed by atoms with van der Waals surface area (Å²) >= 11 is 5.74. The van der Waals surface area contributed by atoms with Gasteiger partial charge in [0.2, 0.25) is 5.28 Å². The molecule has 4 heteroatoms. The van der Waals surface area contributed by atoms with Crippen molar-refractivity contribution in [3.63, 3.8) is 0 Å².